The molecule has 1 saturated carbocycles. The molecule has 3 aliphatic rings. The number of morpholine rings is 1. The minimum atomic E-state index is 0.0437. The highest BCUT2D eigenvalue weighted by atomic mass is 16.5. The fourth-order valence-electron chi connectivity index (χ4n) is 5.95. The number of fused-ring (bicyclic) bond motifs is 1. The molecule has 3 aromatic heterocycles. The number of hydrogen-bond donors (Lipinski definition) is 2. The Kier molecular flexibility index (Phi) is 5.34. The van der Waals surface area contributed by atoms with Crippen molar-refractivity contribution in [3.63, 3.8) is 0 Å². The van der Waals surface area contributed by atoms with Gasteiger partial charge in [-0.05, 0) is 44.7 Å². The van der Waals surface area contributed by atoms with Crippen LogP contribution in [-0.4, -0.2) is 68.9 Å². The first-order valence-corrected chi connectivity index (χ1v) is 12.1. The van der Waals surface area contributed by atoms with Gasteiger partial charge in [0, 0.05) is 31.0 Å². The van der Waals surface area contributed by atoms with E-state index in [1.54, 1.807) is 12.4 Å². The molecule has 0 atom stereocenters. The number of imidazole rings is 1. The number of nitrogen functional groups attached to an aromatic ring is 1. The minimum absolute atomic E-state index is 0.0437. The number of anilines is 2. The molecule has 3 N–H and O–H groups in total. The van der Waals surface area contributed by atoms with Crippen LogP contribution in [0.5, 0.6) is 0 Å². The fraction of sp³-hybridized carbons (Fsp3) is 0.609. The molecule has 0 unspecified atom stereocenters. The van der Waals surface area contributed by atoms with Crippen molar-refractivity contribution in [3.05, 3.63) is 18.7 Å². The predicted octanol–water partition coefficient (Wildman–Crippen LogP) is 1.97. The lowest BCUT2D eigenvalue weighted by atomic mass is 9.75. The molecule has 174 valence electrons. The molecule has 10 heteroatoms. The molecule has 33 heavy (non-hydrogen) atoms. The second kappa shape index (κ2) is 8.49. The minimum Gasteiger partial charge on any atom is -0.378 e. The van der Waals surface area contributed by atoms with Crippen molar-refractivity contribution in [3.8, 4) is 11.3 Å². The van der Waals surface area contributed by atoms with Crippen molar-refractivity contribution in [2.75, 3.05) is 50.0 Å². The van der Waals surface area contributed by atoms with Crippen LogP contribution in [0.15, 0.2) is 18.7 Å². The molecular weight excluding hydrogens is 418 g/mol. The molecule has 0 amide bonds. The molecule has 0 radical (unpaired) electrons. The van der Waals surface area contributed by atoms with E-state index in [9.17, 15) is 0 Å². The SMILES string of the molecule is Nc1ncc(-c2nc(N3CCOCC3)nc3c2ncn3C2(C3CCCC3)CCNCC2)cn1. The Morgan fingerprint density at radius 2 is 1.73 bits per heavy atom. The van der Waals surface area contributed by atoms with E-state index in [-0.39, 0.29) is 11.5 Å². The Morgan fingerprint density at radius 1 is 1.00 bits per heavy atom. The van der Waals surface area contributed by atoms with Gasteiger partial charge in [0.15, 0.2) is 5.65 Å². The van der Waals surface area contributed by atoms with E-state index in [4.69, 9.17) is 25.4 Å². The van der Waals surface area contributed by atoms with Gasteiger partial charge in [-0.15, -0.1) is 0 Å². The van der Waals surface area contributed by atoms with E-state index in [0.29, 0.717) is 19.1 Å². The van der Waals surface area contributed by atoms with Crippen molar-refractivity contribution in [1.82, 2.24) is 34.8 Å². The van der Waals surface area contributed by atoms with Gasteiger partial charge in [0.05, 0.1) is 25.1 Å². The Balaban J connectivity index is 1.54. The highest BCUT2D eigenvalue weighted by Crippen LogP contribution is 2.46. The first-order valence-electron chi connectivity index (χ1n) is 12.1. The van der Waals surface area contributed by atoms with Crippen LogP contribution in [-0.2, 0) is 10.3 Å². The van der Waals surface area contributed by atoms with Crippen molar-refractivity contribution in [1.29, 1.82) is 0 Å². The third kappa shape index (κ3) is 3.61. The maximum Gasteiger partial charge on any atom is 0.228 e. The number of hydrogen-bond acceptors (Lipinski definition) is 9. The van der Waals surface area contributed by atoms with Gasteiger partial charge in [-0.1, -0.05) is 12.8 Å². The lowest BCUT2D eigenvalue weighted by Gasteiger charge is -2.44. The predicted molar refractivity (Wildman–Crippen MR) is 126 cm³/mol. The summed E-state index contributed by atoms with van der Waals surface area (Å²) < 4.78 is 7.96. The summed E-state index contributed by atoms with van der Waals surface area (Å²) >= 11 is 0. The van der Waals surface area contributed by atoms with Crippen LogP contribution in [0.25, 0.3) is 22.4 Å². The summed E-state index contributed by atoms with van der Waals surface area (Å²) in [4.78, 5) is 25.6. The van der Waals surface area contributed by atoms with Gasteiger partial charge in [0.1, 0.15) is 11.2 Å². The molecule has 1 aliphatic carbocycles. The highest BCUT2D eigenvalue weighted by molar-refractivity contribution is 5.88. The molecule has 2 saturated heterocycles. The molecule has 3 aromatic rings. The van der Waals surface area contributed by atoms with Gasteiger partial charge in [0.25, 0.3) is 0 Å². The molecule has 0 spiro atoms. The third-order valence-corrected chi connectivity index (χ3v) is 7.69. The van der Waals surface area contributed by atoms with Gasteiger partial charge in [-0.2, -0.15) is 4.98 Å². The summed E-state index contributed by atoms with van der Waals surface area (Å²) in [5.41, 5.74) is 9.07. The monoisotopic (exact) mass is 449 g/mol. The van der Waals surface area contributed by atoms with Crippen LogP contribution in [0.3, 0.4) is 0 Å². The largest absolute Gasteiger partial charge is 0.378 e. The maximum absolute atomic E-state index is 5.75. The highest BCUT2D eigenvalue weighted by Gasteiger charge is 2.43. The van der Waals surface area contributed by atoms with Gasteiger partial charge >= 0.3 is 0 Å². The number of nitrogens with two attached hydrogens (primary N) is 1. The van der Waals surface area contributed by atoms with Crippen molar-refractivity contribution in [2.45, 2.75) is 44.1 Å². The summed E-state index contributed by atoms with van der Waals surface area (Å²) in [7, 11) is 0. The smallest absolute Gasteiger partial charge is 0.228 e. The van der Waals surface area contributed by atoms with Gasteiger partial charge in [-0.25, -0.2) is 19.9 Å². The molecule has 2 aliphatic heterocycles. The topological polar surface area (TPSA) is 120 Å². The zero-order valence-electron chi connectivity index (χ0n) is 18.9. The lowest BCUT2D eigenvalue weighted by Crippen LogP contribution is -2.48. The zero-order valence-corrected chi connectivity index (χ0v) is 18.9. The average Bonchev–Trinajstić information content (AvgIpc) is 3.56. The number of nitrogens with zero attached hydrogens (tertiary/aromatic N) is 7. The standard InChI is InChI=1S/C23H31N9O/c24-21-26-13-16(14-27-21)18-19-20(30-22(29-18)31-9-11-33-12-10-31)32(15-28-19)23(5-7-25-8-6-23)17-3-1-2-4-17/h13-15,17,25H,1-12H2,(H2,24,26,27). The number of ether oxygens (including phenoxy) is 1. The summed E-state index contributed by atoms with van der Waals surface area (Å²) in [6.07, 6.45) is 12.8. The van der Waals surface area contributed by atoms with Crippen molar-refractivity contribution >= 4 is 23.1 Å². The van der Waals surface area contributed by atoms with Gasteiger partial charge in [-0.3, -0.25) is 0 Å². The van der Waals surface area contributed by atoms with E-state index in [0.717, 1.165) is 67.4 Å². The second-order valence-corrected chi connectivity index (χ2v) is 9.42. The van der Waals surface area contributed by atoms with Crippen molar-refractivity contribution in [2.24, 2.45) is 5.92 Å². The fourth-order valence-corrected chi connectivity index (χ4v) is 5.95. The van der Waals surface area contributed by atoms with E-state index in [2.05, 4.69) is 24.8 Å². The Bertz CT molecular complexity index is 1110. The van der Waals surface area contributed by atoms with E-state index in [1.165, 1.54) is 25.7 Å². The number of nitrogens with one attached hydrogen (secondary N) is 1. The summed E-state index contributed by atoms with van der Waals surface area (Å²) in [5.74, 6) is 1.62. The number of piperidine rings is 1. The quantitative estimate of drug-likeness (QED) is 0.616. The third-order valence-electron chi connectivity index (χ3n) is 7.69. The first-order chi connectivity index (χ1) is 16.2. The molecule has 0 aromatic carbocycles. The Morgan fingerprint density at radius 3 is 2.45 bits per heavy atom. The lowest BCUT2D eigenvalue weighted by molar-refractivity contribution is 0.120. The van der Waals surface area contributed by atoms with Crippen LogP contribution in [0.4, 0.5) is 11.9 Å². The zero-order chi connectivity index (χ0) is 22.3. The van der Waals surface area contributed by atoms with Crippen LogP contribution >= 0.6 is 0 Å². The van der Waals surface area contributed by atoms with E-state index < -0.39 is 0 Å². The van der Waals surface area contributed by atoms with Crippen LogP contribution in [0.1, 0.15) is 38.5 Å². The van der Waals surface area contributed by atoms with Crippen LogP contribution < -0.4 is 16.0 Å². The average molecular weight is 450 g/mol. The molecule has 10 nitrogen and oxygen atoms in total. The Labute approximate surface area is 193 Å². The molecular formula is C23H31N9O. The van der Waals surface area contributed by atoms with Gasteiger partial charge < -0.3 is 25.3 Å². The first kappa shape index (κ1) is 20.7. The number of rotatable bonds is 4. The summed E-state index contributed by atoms with van der Waals surface area (Å²) in [6, 6.07) is 0. The normalized spacial score (nSPS) is 21.6. The summed E-state index contributed by atoms with van der Waals surface area (Å²) in [5, 5.41) is 3.56. The second-order valence-electron chi connectivity index (χ2n) is 9.42. The van der Waals surface area contributed by atoms with Crippen LogP contribution in [0, 0.1) is 5.92 Å². The Hall–Kier alpha value is -2.85. The molecule has 0 bridgehead atoms. The number of aromatic nitrogens is 6. The molecule has 5 heterocycles. The van der Waals surface area contributed by atoms with E-state index >= 15 is 0 Å². The van der Waals surface area contributed by atoms with Crippen LogP contribution in [0.2, 0.25) is 0 Å². The summed E-state index contributed by atoms with van der Waals surface area (Å²) in [6.45, 7) is 4.95. The molecule has 6 rings (SSSR count). The van der Waals surface area contributed by atoms with E-state index in [1.807, 2.05) is 6.33 Å². The molecule has 3 fully saturated rings. The maximum atomic E-state index is 5.75. The van der Waals surface area contributed by atoms with Crippen molar-refractivity contribution < 1.29 is 4.74 Å². The van der Waals surface area contributed by atoms with Gasteiger partial charge in [0.2, 0.25) is 11.9 Å².